The predicted molar refractivity (Wildman–Crippen MR) is 101 cm³/mol. The highest BCUT2D eigenvalue weighted by Gasteiger charge is 2.45. The van der Waals surface area contributed by atoms with Crippen molar-refractivity contribution in [3.8, 4) is 11.8 Å². The van der Waals surface area contributed by atoms with E-state index in [2.05, 4.69) is 0 Å². The third-order valence-corrected chi connectivity index (χ3v) is 7.63. The predicted octanol–water partition coefficient (Wildman–Crippen LogP) is 3.82. The zero-order valence-electron chi connectivity index (χ0n) is 14.7. The van der Waals surface area contributed by atoms with Gasteiger partial charge < -0.3 is 4.74 Å². The Morgan fingerprint density at radius 2 is 1.86 bits per heavy atom. The van der Waals surface area contributed by atoms with E-state index in [4.69, 9.17) is 21.6 Å². The Labute approximate surface area is 167 Å². The third-order valence-electron chi connectivity index (χ3n) is 4.96. The van der Waals surface area contributed by atoms with Crippen molar-refractivity contribution in [2.24, 2.45) is 11.8 Å². The van der Waals surface area contributed by atoms with E-state index in [9.17, 15) is 17.6 Å². The molecule has 0 radical (unpaired) electrons. The van der Waals surface area contributed by atoms with Crippen molar-refractivity contribution in [3.05, 3.63) is 59.4 Å². The number of ketones is 1. The lowest BCUT2D eigenvalue weighted by Gasteiger charge is -2.16. The Bertz CT molecular complexity index is 1020. The number of ether oxygens (including phenoxy) is 1. The summed E-state index contributed by atoms with van der Waals surface area (Å²) >= 11 is 6.05. The number of hydrogen-bond donors (Lipinski definition) is 0. The minimum absolute atomic E-state index is 0.0185. The largest absolute Gasteiger partial charge is 0.493 e. The summed E-state index contributed by atoms with van der Waals surface area (Å²) < 4.78 is 44.6. The molecule has 0 amide bonds. The average Bonchev–Trinajstić information content (AvgIpc) is 3.12. The van der Waals surface area contributed by atoms with Gasteiger partial charge in [-0.15, -0.1) is 0 Å². The second-order valence-electron chi connectivity index (χ2n) is 6.68. The first-order chi connectivity index (χ1) is 13.3. The highest BCUT2D eigenvalue weighted by Crippen LogP contribution is 2.40. The number of carbonyl (C=O) groups excluding carboxylic acids is 1. The maximum Gasteiger partial charge on any atom is 0.235 e. The van der Waals surface area contributed by atoms with Crippen molar-refractivity contribution in [2.75, 3.05) is 6.61 Å². The first kappa shape index (κ1) is 20.3. The van der Waals surface area contributed by atoms with Crippen molar-refractivity contribution in [2.45, 2.75) is 23.0 Å². The van der Waals surface area contributed by atoms with E-state index >= 15 is 0 Å². The van der Waals surface area contributed by atoms with E-state index < -0.39 is 38.5 Å². The normalized spacial score (nSPS) is 21.8. The van der Waals surface area contributed by atoms with Crippen molar-refractivity contribution in [1.29, 1.82) is 5.26 Å². The third kappa shape index (κ3) is 4.18. The second kappa shape index (κ2) is 8.29. The van der Waals surface area contributed by atoms with Gasteiger partial charge in [-0.25, -0.2) is 12.8 Å². The second-order valence-corrected chi connectivity index (χ2v) is 9.28. The van der Waals surface area contributed by atoms with Crippen LogP contribution in [-0.4, -0.2) is 26.1 Å². The Morgan fingerprint density at radius 1 is 1.18 bits per heavy atom. The van der Waals surface area contributed by atoms with E-state index in [-0.39, 0.29) is 29.4 Å². The lowest BCUT2D eigenvalue weighted by atomic mass is 9.93. The number of carbonyl (C=O) groups is 1. The lowest BCUT2D eigenvalue weighted by molar-refractivity contribution is -0.118. The highest BCUT2D eigenvalue weighted by molar-refractivity contribution is 7.92. The standard InChI is InChI=1S/C20H17ClFNO4S/c21-18-3-1-2-4-20(18)28(25,26)16-9-13(17(10-16)19(24)11-23)12-27-15-7-5-14(22)6-8-15/h1-8,13,16-17H,9-10,12H2/t13-,16+,17+/m0/s1. The number of halogens is 2. The molecule has 0 heterocycles. The quantitative estimate of drug-likeness (QED) is 0.662. The van der Waals surface area contributed by atoms with Crippen LogP contribution in [0.2, 0.25) is 5.02 Å². The number of nitriles is 1. The van der Waals surface area contributed by atoms with E-state index in [1.54, 1.807) is 18.2 Å². The number of Topliss-reactive ketones (excluding diaryl/α,β-unsaturated/α-hetero) is 1. The van der Waals surface area contributed by atoms with E-state index in [1.165, 1.54) is 36.4 Å². The van der Waals surface area contributed by atoms with Crippen molar-refractivity contribution >= 4 is 27.2 Å². The molecule has 0 saturated heterocycles. The summed E-state index contributed by atoms with van der Waals surface area (Å²) in [5, 5.41) is 8.31. The van der Waals surface area contributed by atoms with Gasteiger partial charge in [-0.05, 0) is 49.2 Å². The van der Waals surface area contributed by atoms with Gasteiger partial charge >= 0.3 is 0 Å². The molecule has 28 heavy (non-hydrogen) atoms. The molecule has 0 bridgehead atoms. The Hall–Kier alpha value is -2.43. The molecular weight excluding hydrogens is 405 g/mol. The van der Waals surface area contributed by atoms with Gasteiger partial charge in [0.2, 0.25) is 5.78 Å². The van der Waals surface area contributed by atoms with Gasteiger partial charge in [0.15, 0.2) is 9.84 Å². The monoisotopic (exact) mass is 421 g/mol. The first-order valence-electron chi connectivity index (χ1n) is 8.63. The average molecular weight is 422 g/mol. The molecule has 2 aromatic carbocycles. The molecule has 146 valence electrons. The van der Waals surface area contributed by atoms with Crippen LogP contribution in [0.25, 0.3) is 0 Å². The molecule has 0 aliphatic heterocycles. The van der Waals surface area contributed by atoms with Crippen molar-refractivity contribution in [3.63, 3.8) is 0 Å². The molecule has 5 nitrogen and oxygen atoms in total. The van der Waals surface area contributed by atoms with E-state index in [0.717, 1.165) is 0 Å². The topological polar surface area (TPSA) is 84.2 Å². The van der Waals surface area contributed by atoms with E-state index in [0.29, 0.717) is 5.75 Å². The minimum atomic E-state index is -3.76. The molecule has 1 aliphatic rings. The first-order valence-corrected chi connectivity index (χ1v) is 10.6. The molecule has 0 aromatic heterocycles. The SMILES string of the molecule is N#CC(=O)[C@@H]1C[C@H](S(=O)(=O)c2ccccc2Cl)C[C@H]1COc1ccc(F)cc1. The van der Waals surface area contributed by atoms with Crippen LogP contribution in [0.4, 0.5) is 4.39 Å². The summed E-state index contributed by atoms with van der Waals surface area (Å²) in [6.07, 6.45) is 0.213. The van der Waals surface area contributed by atoms with E-state index in [1.807, 2.05) is 0 Å². The number of benzene rings is 2. The molecule has 0 N–H and O–H groups in total. The van der Waals surface area contributed by atoms with Crippen LogP contribution in [0, 0.1) is 29.0 Å². The number of nitrogens with zero attached hydrogens (tertiary/aromatic N) is 1. The van der Waals surface area contributed by atoms with Crippen LogP contribution in [-0.2, 0) is 14.6 Å². The fourth-order valence-corrected chi connectivity index (χ4v) is 5.89. The number of rotatable bonds is 6. The molecule has 1 aliphatic carbocycles. The maximum atomic E-state index is 13.0. The smallest absolute Gasteiger partial charge is 0.235 e. The summed E-state index contributed by atoms with van der Waals surface area (Å²) in [6.45, 7) is 0.0538. The van der Waals surface area contributed by atoms with Gasteiger partial charge in [-0.2, -0.15) is 5.26 Å². The Balaban J connectivity index is 1.80. The Kier molecular flexibility index (Phi) is 6.01. The summed E-state index contributed by atoms with van der Waals surface area (Å²) in [7, 11) is -3.76. The summed E-state index contributed by atoms with van der Waals surface area (Å²) in [5.41, 5.74) is 0. The van der Waals surface area contributed by atoms with Crippen LogP contribution in [0.3, 0.4) is 0 Å². The van der Waals surface area contributed by atoms with Gasteiger partial charge in [0.1, 0.15) is 17.6 Å². The summed E-state index contributed by atoms with van der Waals surface area (Å²) in [5.74, 6) is -1.85. The van der Waals surface area contributed by atoms with Crippen molar-refractivity contribution < 1.29 is 22.3 Å². The van der Waals surface area contributed by atoms with Crippen LogP contribution in [0.15, 0.2) is 53.4 Å². The molecule has 1 fully saturated rings. The molecule has 0 unspecified atom stereocenters. The summed E-state index contributed by atoms with van der Waals surface area (Å²) in [6, 6.07) is 13.1. The van der Waals surface area contributed by atoms with Crippen LogP contribution < -0.4 is 4.74 Å². The van der Waals surface area contributed by atoms with Crippen LogP contribution in [0.5, 0.6) is 5.75 Å². The zero-order valence-corrected chi connectivity index (χ0v) is 16.3. The molecule has 2 aromatic rings. The molecule has 3 rings (SSSR count). The maximum absolute atomic E-state index is 13.0. The molecule has 0 spiro atoms. The lowest BCUT2D eigenvalue weighted by Crippen LogP contribution is -2.22. The zero-order chi connectivity index (χ0) is 20.3. The number of hydrogen-bond acceptors (Lipinski definition) is 5. The molecule has 8 heteroatoms. The Morgan fingerprint density at radius 3 is 2.50 bits per heavy atom. The van der Waals surface area contributed by atoms with Crippen LogP contribution in [0.1, 0.15) is 12.8 Å². The van der Waals surface area contributed by atoms with Crippen LogP contribution >= 0.6 is 11.6 Å². The van der Waals surface area contributed by atoms with Gasteiger partial charge in [0.25, 0.3) is 0 Å². The summed E-state index contributed by atoms with van der Waals surface area (Å²) in [4.78, 5) is 12.1. The fraction of sp³-hybridized carbons (Fsp3) is 0.300. The van der Waals surface area contributed by atoms with Gasteiger partial charge in [0.05, 0.1) is 21.8 Å². The fourth-order valence-electron chi connectivity index (χ4n) is 3.50. The highest BCUT2D eigenvalue weighted by atomic mass is 35.5. The molecule has 1 saturated carbocycles. The van der Waals surface area contributed by atoms with Crippen molar-refractivity contribution in [1.82, 2.24) is 0 Å². The van der Waals surface area contributed by atoms with Gasteiger partial charge in [-0.1, -0.05) is 23.7 Å². The molecular formula is C20H17ClFNO4S. The number of sulfone groups is 1. The minimum Gasteiger partial charge on any atom is -0.493 e. The van der Waals surface area contributed by atoms with Gasteiger partial charge in [0, 0.05) is 11.8 Å². The molecule has 3 atom stereocenters. The van der Waals surface area contributed by atoms with Gasteiger partial charge in [-0.3, -0.25) is 4.79 Å².